The molecule has 4 rings (SSSR count). The molecule has 0 atom stereocenters. The molecule has 9 heteroatoms. The Labute approximate surface area is 245 Å². The van der Waals surface area contributed by atoms with Crippen LogP contribution in [0.2, 0.25) is 0 Å². The van der Waals surface area contributed by atoms with Crippen LogP contribution in [0.15, 0.2) is 97.1 Å². The molecule has 0 unspecified atom stereocenters. The van der Waals surface area contributed by atoms with Crippen LogP contribution in [0.3, 0.4) is 0 Å². The van der Waals surface area contributed by atoms with Gasteiger partial charge in [0, 0.05) is 21.9 Å². The summed E-state index contributed by atoms with van der Waals surface area (Å²) in [6.07, 6.45) is 0. The van der Waals surface area contributed by atoms with E-state index in [4.69, 9.17) is 25.4 Å². The first kappa shape index (κ1) is 31.5. The van der Waals surface area contributed by atoms with E-state index >= 15 is 0 Å². The Bertz CT molecular complexity index is 1550. The molecule has 0 fully saturated rings. The van der Waals surface area contributed by atoms with Crippen LogP contribution in [0, 0.1) is 0 Å². The number of ether oxygens (including phenoxy) is 4. The van der Waals surface area contributed by atoms with Gasteiger partial charge in [-0.3, -0.25) is 4.39 Å². The molecule has 4 aromatic rings. The molecule has 0 aliphatic rings. The van der Waals surface area contributed by atoms with Crippen LogP contribution in [-0.2, 0) is 19.1 Å². The fourth-order valence-corrected chi connectivity index (χ4v) is 3.51. The first-order valence-electron chi connectivity index (χ1n) is 13.5. The Hall–Kier alpha value is -5.05. The molecule has 0 spiro atoms. The van der Waals surface area contributed by atoms with E-state index in [9.17, 15) is 19.1 Å². The van der Waals surface area contributed by atoms with Gasteiger partial charge in [-0.15, -0.1) is 0 Å². The minimum Gasteiger partial charge on any atom is -0.508 e. The number of esters is 2. The van der Waals surface area contributed by atoms with Gasteiger partial charge in [0.25, 0.3) is 0 Å². The zero-order valence-electron chi connectivity index (χ0n) is 24.6. The summed E-state index contributed by atoms with van der Waals surface area (Å²) in [4.78, 5) is 22.7. The van der Waals surface area contributed by atoms with Crippen molar-refractivity contribution in [2.45, 2.75) is 13.8 Å². The van der Waals surface area contributed by atoms with Crippen LogP contribution < -0.4 is 9.47 Å². The third kappa shape index (κ3) is 10.2. The summed E-state index contributed by atoms with van der Waals surface area (Å²) < 4.78 is 36.9. The summed E-state index contributed by atoms with van der Waals surface area (Å²) >= 11 is 0. The van der Waals surface area contributed by atoms with E-state index in [1.54, 1.807) is 44.2 Å². The third-order valence-corrected chi connectivity index (χ3v) is 5.51. The van der Waals surface area contributed by atoms with Crippen LogP contribution in [0.5, 0.6) is 23.0 Å². The first-order chi connectivity index (χ1) is 20.6. The number of phenols is 2. The highest BCUT2D eigenvalue weighted by molar-refractivity contribution is 5.90. The number of rotatable bonds is 10. The lowest BCUT2D eigenvalue weighted by Crippen LogP contribution is -2.12. The highest BCUT2D eigenvalue weighted by atomic mass is 19.1. The molecule has 0 saturated heterocycles. The summed E-state index contributed by atoms with van der Waals surface area (Å²) in [6, 6.07) is 21.4. The molecule has 0 aromatic heterocycles. The first-order valence-corrected chi connectivity index (χ1v) is 12.8. The number of alkyl halides is 1. The molecule has 0 amide bonds. The highest BCUT2D eigenvalue weighted by Gasteiger charge is 2.07. The molecule has 0 aliphatic heterocycles. The highest BCUT2D eigenvalue weighted by Crippen LogP contribution is 2.29. The van der Waals surface area contributed by atoms with Gasteiger partial charge in [0.15, 0.2) is 0 Å². The van der Waals surface area contributed by atoms with E-state index in [-0.39, 0.29) is 37.9 Å². The number of hydrogen-bond acceptors (Lipinski definition) is 8. The van der Waals surface area contributed by atoms with E-state index in [2.05, 4.69) is 13.2 Å². The molecule has 42 heavy (non-hydrogen) atoms. The SMILES string of the molecule is C=C(C)C(=O)OCCOc1ccc2cccc(OCCOC(=O)C(=C)C)c2c1.Oc1ccc2cccc(O)c2c1.[2H]CF. The van der Waals surface area contributed by atoms with Crippen molar-refractivity contribution in [3.05, 3.63) is 97.1 Å². The van der Waals surface area contributed by atoms with Gasteiger partial charge < -0.3 is 29.2 Å². The maximum absolute atomic E-state index is 11.4. The van der Waals surface area contributed by atoms with E-state index in [1.807, 2.05) is 42.5 Å². The second kappa shape index (κ2) is 16.9. The maximum atomic E-state index is 11.4. The Morgan fingerprint density at radius 1 is 0.762 bits per heavy atom. The van der Waals surface area contributed by atoms with Crippen LogP contribution in [0.25, 0.3) is 21.5 Å². The average Bonchev–Trinajstić information content (AvgIpc) is 2.98. The molecule has 0 saturated carbocycles. The van der Waals surface area contributed by atoms with Crippen molar-refractivity contribution >= 4 is 33.5 Å². The van der Waals surface area contributed by atoms with Gasteiger partial charge in [-0.05, 0) is 61.0 Å². The van der Waals surface area contributed by atoms with Crippen molar-refractivity contribution in [1.29, 1.82) is 0 Å². The van der Waals surface area contributed by atoms with Crippen molar-refractivity contribution in [3.8, 4) is 23.0 Å². The summed E-state index contributed by atoms with van der Waals surface area (Å²) in [5, 5.41) is 22.0. The number of fused-ring (bicyclic) bond motifs is 2. The standard InChI is InChI=1S/C22H24O6.C10H8O2.CH3F/c1-15(2)21(23)27-12-10-25-18-9-8-17-6-5-7-20(19(17)14-18)26-11-13-28-22(24)16(3)4;11-8-5-4-7-2-1-3-10(12)9(7)6-8;1-2/h5-9,14H,1,3,10-13H2,2,4H3;1-6,11-12H;1H3/i;;1D. The normalized spacial score (nSPS) is 10.2. The average molecular weight is 580 g/mol. The summed E-state index contributed by atoms with van der Waals surface area (Å²) in [7, 11) is -1.00. The molecule has 4 aromatic carbocycles. The van der Waals surface area contributed by atoms with Gasteiger partial charge in [-0.2, -0.15) is 0 Å². The monoisotopic (exact) mass is 579 g/mol. The van der Waals surface area contributed by atoms with E-state index in [0.29, 0.717) is 28.0 Å². The number of phenolic OH excluding ortho intramolecular Hbond substituents is 2. The molecule has 2 N–H and O–H groups in total. The predicted molar refractivity (Wildman–Crippen MR) is 161 cm³/mol. The molecule has 8 nitrogen and oxygen atoms in total. The quantitative estimate of drug-likeness (QED) is 0.122. The fraction of sp³-hybridized carbons (Fsp3) is 0.212. The zero-order valence-corrected chi connectivity index (χ0v) is 23.6. The molecule has 0 bridgehead atoms. The van der Waals surface area contributed by atoms with Crippen LogP contribution in [0.1, 0.15) is 15.2 Å². The minimum absolute atomic E-state index is 0.131. The molecule has 0 heterocycles. The smallest absolute Gasteiger partial charge is 0.333 e. The van der Waals surface area contributed by atoms with Crippen LogP contribution in [-0.4, -0.2) is 55.7 Å². The largest absolute Gasteiger partial charge is 0.508 e. The van der Waals surface area contributed by atoms with Gasteiger partial charge in [0.1, 0.15) is 49.4 Å². The number of aromatic hydroxyl groups is 2. The second-order valence-electron chi connectivity index (χ2n) is 8.85. The van der Waals surface area contributed by atoms with Gasteiger partial charge >= 0.3 is 11.9 Å². The van der Waals surface area contributed by atoms with Crippen molar-refractivity contribution in [3.63, 3.8) is 0 Å². The van der Waals surface area contributed by atoms with E-state index in [0.717, 1.165) is 16.2 Å². The van der Waals surface area contributed by atoms with Crippen LogP contribution >= 0.6 is 0 Å². The van der Waals surface area contributed by atoms with Crippen LogP contribution in [0.4, 0.5) is 4.39 Å². The number of halogens is 1. The Morgan fingerprint density at radius 3 is 1.93 bits per heavy atom. The third-order valence-electron chi connectivity index (χ3n) is 5.51. The minimum atomic E-state index is -1.00. The topological polar surface area (TPSA) is 112 Å². The number of carbonyl (C=O) groups excluding carboxylic acids is 2. The lowest BCUT2D eigenvalue weighted by Gasteiger charge is -2.12. The zero-order chi connectivity index (χ0) is 31.8. The molecular weight excluding hydrogens is 543 g/mol. The Morgan fingerprint density at radius 2 is 1.31 bits per heavy atom. The van der Waals surface area contributed by atoms with Crippen molar-refractivity contribution in [1.82, 2.24) is 0 Å². The lowest BCUT2D eigenvalue weighted by atomic mass is 10.1. The number of hydrogen-bond donors (Lipinski definition) is 2. The Kier molecular flexibility index (Phi) is 12.7. The Balaban J connectivity index is 0.000000352. The van der Waals surface area contributed by atoms with Crippen molar-refractivity contribution in [2.24, 2.45) is 0 Å². The predicted octanol–water partition coefficient (Wildman–Crippen LogP) is 6.67. The summed E-state index contributed by atoms with van der Waals surface area (Å²) in [5.74, 6) is 0.772. The lowest BCUT2D eigenvalue weighted by molar-refractivity contribution is -0.140. The van der Waals surface area contributed by atoms with Gasteiger partial charge in [-0.1, -0.05) is 49.6 Å². The maximum Gasteiger partial charge on any atom is 0.333 e. The second-order valence-corrected chi connectivity index (χ2v) is 8.85. The van der Waals surface area contributed by atoms with E-state index in [1.165, 1.54) is 0 Å². The van der Waals surface area contributed by atoms with Gasteiger partial charge in [-0.25, -0.2) is 9.59 Å². The summed E-state index contributed by atoms with van der Waals surface area (Å²) in [5.41, 5.74) is 0.697. The van der Waals surface area contributed by atoms with Crippen molar-refractivity contribution < 1.29 is 44.5 Å². The molecular formula is C33H35FO8. The van der Waals surface area contributed by atoms with Crippen molar-refractivity contribution in [2.75, 3.05) is 33.6 Å². The van der Waals surface area contributed by atoms with Gasteiger partial charge in [0.2, 0.25) is 0 Å². The number of benzene rings is 4. The van der Waals surface area contributed by atoms with Gasteiger partial charge in [0.05, 0.1) is 8.52 Å². The van der Waals surface area contributed by atoms with E-state index < -0.39 is 19.1 Å². The molecule has 0 aliphatic carbocycles. The molecule has 222 valence electrons. The summed E-state index contributed by atoms with van der Waals surface area (Å²) in [6.45, 7) is 11.0. The molecule has 0 radical (unpaired) electrons. The number of carbonyl (C=O) groups is 2. The fourth-order valence-electron chi connectivity index (χ4n) is 3.51.